The highest BCUT2D eigenvalue weighted by Gasteiger charge is 2.21. The van der Waals surface area contributed by atoms with Gasteiger partial charge in [-0.05, 0) is 43.2 Å². The molecule has 1 aliphatic rings. The van der Waals surface area contributed by atoms with Crippen molar-refractivity contribution in [2.45, 2.75) is 24.2 Å². The van der Waals surface area contributed by atoms with E-state index in [1.807, 2.05) is 0 Å². The number of halogens is 1. The van der Waals surface area contributed by atoms with Crippen LogP contribution < -0.4 is 0 Å². The van der Waals surface area contributed by atoms with Crippen LogP contribution in [0.4, 0.5) is 0 Å². The van der Waals surface area contributed by atoms with Crippen LogP contribution in [0.3, 0.4) is 0 Å². The van der Waals surface area contributed by atoms with E-state index in [4.69, 9.17) is 8.70 Å². The van der Waals surface area contributed by atoms with Gasteiger partial charge in [-0.3, -0.25) is 4.28 Å². The molecule has 1 heterocycles. The second-order valence-corrected chi connectivity index (χ2v) is 7.08. The lowest BCUT2D eigenvalue weighted by molar-refractivity contribution is 0.337. The van der Waals surface area contributed by atoms with E-state index in [1.54, 1.807) is 24.5 Å². The summed E-state index contributed by atoms with van der Waals surface area (Å²) >= 11 is 3.25. The summed E-state index contributed by atoms with van der Waals surface area (Å²) in [7, 11) is -3.90. The molecule has 2 aromatic rings. The number of hydrogen-bond acceptors (Lipinski definition) is 5. The van der Waals surface area contributed by atoms with Crippen LogP contribution in [0.5, 0.6) is 0 Å². The zero-order valence-electron chi connectivity index (χ0n) is 11.0. The van der Waals surface area contributed by atoms with Crippen LogP contribution in [0.2, 0.25) is 0 Å². The van der Waals surface area contributed by atoms with Crippen LogP contribution in [0, 0.1) is 0 Å². The predicted molar refractivity (Wildman–Crippen MR) is 80.6 cm³/mol. The van der Waals surface area contributed by atoms with E-state index in [9.17, 15) is 8.42 Å². The fourth-order valence-corrected chi connectivity index (χ4v) is 3.18. The Morgan fingerprint density at radius 3 is 2.67 bits per heavy atom. The summed E-state index contributed by atoms with van der Waals surface area (Å²) < 4.78 is 35.1. The van der Waals surface area contributed by atoms with Crippen LogP contribution in [0.1, 0.15) is 24.2 Å². The van der Waals surface area contributed by atoms with Crippen molar-refractivity contribution in [2.24, 2.45) is 5.16 Å². The third-order valence-corrected chi connectivity index (χ3v) is 4.87. The Kier molecular flexibility index (Phi) is 3.86. The number of aryl methyl sites for hydroxylation is 1. The molecule has 0 atom stereocenters. The van der Waals surface area contributed by atoms with Crippen LogP contribution in [-0.2, 0) is 20.8 Å². The summed E-state index contributed by atoms with van der Waals surface area (Å²) in [5.74, 6) is 0.824. The molecule has 5 nitrogen and oxygen atoms in total. The molecular formula is C14H12BrNO4S. The second kappa shape index (κ2) is 5.65. The van der Waals surface area contributed by atoms with E-state index in [-0.39, 0.29) is 4.90 Å². The van der Waals surface area contributed by atoms with Crippen molar-refractivity contribution >= 4 is 31.8 Å². The smallest absolute Gasteiger partial charge is 0.358 e. The summed E-state index contributed by atoms with van der Waals surface area (Å²) in [5.41, 5.74) is 1.43. The molecule has 1 aliphatic carbocycles. The van der Waals surface area contributed by atoms with Gasteiger partial charge < -0.3 is 4.42 Å². The highest BCUT2D eigenvalue weighted by molar-refractivity contribution is 9.10. The van der Waals surface area contributed by atoms with Crippen LogP contribution >= 0.6 is 15.9 Å². The van der Waals surface area contributed by atoms with E-state index < -0.39 is 10.1 Å². The van der Waals surface area contributed by atoms with E-state index in [0.717, 1.165) is 28.6 Å². The standard InChI is InChI=1S/C14H12BrNO4S/c15-10-4-6-11(7-5-10)21(17,18)20-16-13-2-1-3-14-12(13)8-9-19-14/h4-9H,1-3H2/b16-13-. The van der Waals surface area contributed by atoms with E-state index in [0.29, 0.717) is 12.1 Å². The molecule has 0 spiro atoms. The second-order valence-electron chi connectivity index (χ2n) is 4.63. The largest absolute Gasteiger partial charge is 0.469 e. The topological polar surface area (TPSA) is 68.9 Å². The molecule has 0 radical (unpaired) electrons. The lowest BCUT2D eigenvalue weighted by Gasteiger charge is -2.11. The van der Waals surface area contributed by atoms with Crippen LogP contribution in [0.25, 0.3) is 0 Å². The average Bonchev–Trinajstić information content (AvgIpc) is 2.94. The van der Waals surface area contributed by atoms with Crippen molar-refractivity contribution in [3.05, 3.63) is 52.4 Å². The molecule has 0 unspecified atom stereocenters. The molecule has 0 amide bonds. The van der Waals surface area contributed by atoms with Crippen molar-refractivity contribution < 1.29 is 17.1 Å². The zero-order chi connectivity index (χ0) is 14.9. The molecule has 1 aromatic carbocycles. The zero-order valence-corrected chi connectivity index (χ0v) is 13.4. The number of hydrogen-bond donors (Lipinski definition) is 0. The van der Waals surface area contributed by atoms with Crippen molar-refractivity contribution in [3.8, 4) is 0 Å². The quantitative estimate of drug-likeness (QED) is 0.776. The minimum absolute atomic E-state index is 0.0678. The minimum atomic E-state index is -3.90. The molecule has 0 saturated heterocycles. The summed E-state index contributed by atoms with van der Waals surface area (Å²) in [4.78, 5) is 0.0678. The monoisotopic (exact) mass is 369 g/mol. The van der Waals surface area contributed by atoms with Crippen LogP contribution in [-0.4, -0.2) is 14.1 Å². The van der Waals surface area contributed by atoms with Crippen molar-refractivity contribution in [3.63, 3.8) is 0 Å². The molecule has 3 rings (SSSR count). The number of oxime groups is 1. The van der Waals surface area contributed by atoms with Gasteiger partial charge in [0, 0.05) is 16.5 Å². The van der Waals surface area contributed by atoms with Gasteiger partial charge >= 0.3 is 10.1 Å². The SMILES string of the molecule is O=S(=O)(O/N=C1/CCCc2occc21)c1ccc(Br)cc1. The lowest BCUT2D eigenvalue weighted by atomic mass is 9.97. The first-order valence-electron chi connectivity index (χ1n) is 6.39. The summed E-state index contributed by atoms with van der Waals surface area (Å²) in [6, 6.07) is 7.98. The Balaban J connectivity index is 1.85. The maximum atomic E-state index is 12.1. The first-order valence-corrected chi connectivity index (χ1v) is 8.59. The molecule has 1 aromatic heterocycles. The highest BCUT2D eigenvalue weighted by Crippen LogP contribution is 2.24. The first-order chi connectivity index (χ1) is 10.1. The van der Waals surface area contributed by atoms with Crippen molar-refractivity contribution in [2.75, 3.05) is 0 Å². The molecule has 0 saturated carbocycles. The van der Waals surface area contributed by atoms with Gasteiger partial charge in [-0.25, -0.2) is 0 Å². The van der Waals surface area contributed by atoms with E-state index >= 15 is 0 Å². The minimum Gasteiger partial charge on any atom is -0.469 e. The molecule has 7 heteroatoms. The normalized spacial score (nSPS) is 16.7. The van der Waals surface area contributed by atoms with Gasteiger partial charge in [0.1, 0.15) is 10.7 Å². The molecule has 110 valence electrons. The van der Waals surface area contributed by atoms with E-state index in [1.165, 1.54) is 12.1 Å². The highest BCUT2D eigenvalue weighted by atomic mass is 79.9. The first kappa shape index (κ1) is 14.3. The number of benzene rings is 1. The summed E-state index contributed by atoms with van der Waals surface area (Å²) in [5, 5.41) is 3.82. The van der Waals surface area contributed by atoms with Gasteiger partial charge in [-0.15, -0.1) is 0 Å². The average molecular weight is 370 g/mol. The summed E-state index contributed by atoms with van der Waals surface area (Å²) in [6.07, 6.45) is 3.94. The Morgan fingerprint density at radius 1 is 1.14 bits per heavy atom. The van der Waals surface area contributed by atoms with Gasteiger partial charge in [-0.2, -0.15) is 8.42 Å². The fourth-order valence-electron chi connectivity index (χ4n) is 2.18. The maximum Gasteiger partial charge on any atom is 0.358 e. The van der Waals surface area contributed by atoms with Crippen LogP contribution in [0.15, 0.2) is 55.5 Å². The molecule has 0 bridgehead atoms. The third kappa shape index (κ3) is 3.03. The van der Waals surface area contributed by atoms with Gasteiger partial charge in [0.25, 0.3) is 0 Å². The Labute approximate surface area is 130 Å². The van der Waals surface area contributed by atoms with Gasteiger partial charge in [-0.1, -0.05) is 21.1 Å². The predicted octanol–water partition coefficient (Wildman–Crippen LogP) is 3.49. The molecular weight excluding hydrogens is 358 g/mol. The number of rotatable bonds is 3. The van der Waals surface area contributed by atoms with Gasteiger partial charge in [0.05, 0.1) is 12.0 Å². The molecule has 0 N–H and O–H groups in total. The fraction of sp³-hybridized carbons (Fsp3) is 0.214. The Bertz CT molecular complexity index is 778. The van der Waals surface area contributed by atoms with Gasteiger partial charge in [0.2, 0.25) is 0 Å². The Morgan fingerprint density at radius 2 is 1.90 bits per heavy atom. The third-order valence-electron chi connectivity index (χ3n) is 3.22. The van der Waals surface area contributed by atoms with E-state index in [2.05, 4.69) is 21.1 Å². The van der Waals surface area contributed by atoms with Crippen molar-refractivity contribution in [1.82, 2.24) is 0 Å². The van der Waals surface area contributed by atoms with Crippen molar-refractivity contribution in [1.29, 1.82) is 0 Å². The summed E-state index contributed by atoms with van der Waals surface area (Å²) in [6.45, 7) is 0. The maximum absolute atomic E-state index is 12.1. The molecule has 0 aliphatic heterocycles. The van der Waals surface area contributed by atoms with Gasteiger partial charge in [0.15, 0.2) is 0 Å². The number of fused-ring (bicyclic) bond motifs is 1. The molecule has 0 fully saturated rings. The Hall–Kier alpha value is -1.60. The molecule has 21 heavy (non-hydrogen) atoms. The number of nitrogens with zero attached hydrogens (tertiary/aromatic N) is 1. The number of furan rings is 1. The lowest BCUT2D eigenvalue weighted by Crippen LogP contribution is -2.12.